The fourth-order valence-corrected chi connectivity index (χ4v) is 5.56. The molecule has 236 valence electrons. The van der Waals surface area contributed by atoms with Crippen molar-refractivity contribution in [2.24, 2.45) is 12.5 Å². The third-order valence-corrected chi connectivity index (χ3v) is 8.88. The molecular formula is C39H41N3O4. The molecule has 6 aromatic rings. The second-order valence-corrected chi connectivity index (χ2v) is 12.5. The summed E-state index contributed by atoms with van der Waals surface area (Å²) in [6.45, 7) is 7.02. The van der Waals surface area contributed by atoms with Crippen molar-refractivity contribution in [1.29, 1.82) is 0 Å². The molecule has 0 radical (unpaired) electrons. The highest BCUT2D eigenvalue weighted by atomic mass is 16.5. The van der Waals surface area contributed by atoms with E-state index in [0.29, 0.717) is 25.0 Å². The second-order valence-electron chi connectivity index (χ2n) is 12.5. The number of hydrogen-bond donors (Lipinski definition) is 0. The lowest BCUT2D eigenvalue weighted by Crippen LogP contribution is -2.26. The first-order chi connectivity index (χ1) is 22.3. The van der Waals surface area contributed by atoms with E-state index < -0.39 is 5.41 Å². The van der Waals surface area contributed by atoms with E-state index in [1.54, 1.807) is 0 Å². The highest BCUT2D eigenvalue weighted by Gasteiger charge is 2.26. The molecule has 4 aromatic carbocycles. The van der Waals surface area contributed by atoms with Crippen molar-refractivity contribution in [2.75, 3.05) is 13.2 Å². The van der Waals surface area contributed by atoms with Gasteiger partial charge in [-0.25, -0.2) is 0 Å². The Morgan fingerprint density at radius 3 is 2.02 bits per heavy atom. The number of nitrogens with zero attached hydrogens (tertiary/aromatic N) is 3. The summed E-state index contributed by atoms with van der Waals surface area (Å²) < 4.78 is 19.7. The van der Waals surface area contributed by atoms with Crippen LogP contribution in [-0.4, -0.2) is 33.9 Å². The van der Waals surface area contributed by atoms with Crippen molar-refractivity contribution in [1.82, 2.24) is 14.8 Å². The van der Waals surface area contributed by atoms with E-state index in [1.807, 2.05) is 51.1 Å². The maximum Gasteiger partial charge on any atom is 0.311 e. The number of aromatic nitrogens is 3. The zero-order chi connectivity index (χ0) is 32.1. The molecule has 0 saturated carbocycles. The average molecular weight is 616 g/mol. The Labute approximate surface area is 270 Å². The van der Waals surface area contributed by atoms with Gasteiger partial charge in [-0.3, -0.25) is 4.79 Å². The maximum atomic E-state index is 12.0. The van der Waals surface area contributed by atoms with Gasteiger partial charge in [-0.2, -0.15) is 0 Å². The second kappa shape index (κ2) is 13.6. The van der Waals surface area contributed by atoms with E-state index in [1.165, 1.54) is 21.8 Å². The zero-order valence-electron chi connectivity index (χ0n) is 27.1. The molecule has 0 N–H and O–H groups in total. The Hall–Kier alpha value is -4.91. The van der Waals surface area contributed by atoms with Crippen LogP contribution in [0.1, 0.15) is 52.9 Å². The summed E-state index contributed by atoms with van der Waals surface area (Å²) in [5.41, 5.74) is 5.93. The standard InChI is InChI=1S/C39H41N3O4/c1-5-39(2,3)38(43)45-25-11-7-6-10-24-44-31-21-18-28(19-22-31)27-14-16-29(17-15-27)36-40-41-37(46-36)30-20-23-35-33(26-30)32-12-8-9-13-34(32)42(35)4/h8-9,12-23,26H,5-7,10-11,24-25H2,1-4H3. The number of carbonyl (C=O) groups excluding carboxylic acids is 1. The van der Waals surface area contributed by atoms with Crippen LogP contribution in [0.3, 0.4) is 0 Å². The molecule has 2 heterocycles. The van der Waals surface area contributed by atoms with Crippen molar-refractivity contribution in [2.45, 2.75) is 52.9 Å². The predicted octanol–water partition coefficient (Wildman–Crippen LogP) is 9.63. The number of hydrogen-bond acceptors (Lipinski definition) is 6. The van der Waals surface area contributed by atoms with Crippen LogP contribution in [0.15, 0.2) is 95.4 Å². The van der Waals surface area contributed by atoms with Crippen LogP contribution in [0.25, 0.3) is 55.8 Å². The molecular weight excluding hydrogens is 574 g/mol. The van der Waals surface area contributed by atoms with Crippen molar-refractivity contribution < 1.29 is 18.7 Å². The fraction of sp³-hybridized carbons (Fsp3) is 0.308. The summed E-state index contributed by atoms with van der Waals surface area (Å²) in [5, 5.41) is 11.1. The normalized spacial score (nSPS) is 11.7. The number of unbranched alkanes of at least 4 members (excludes halogenated alkanes) is 3. The van der Waals surface area contributed by atoms with E-state index in [9.17, 15) is 4.79 Å². The van der Waals surface area contributed by atoms with Gasteiger partial charge in [-0.05, 0) is 106 Å². The summed E-state index contributed by atoms with van der Waals surface area (Å²) in [7, 11) is 2.09. The van der Waals surface area contributed by atoms with Crippen LogP contribution in [0.2, 0.25) is 0 Å². The Morgan fingerprint density at radius 1 is 0.717 bits per heavy atom. The van der Waals surface area contributed by atoms with Crippen LogP contribution < -0.4 is 4.74 Å². The molecule has 0 saturated heterocycles. The molecule has 2 aromatic heterocycles. The van der Waals surface area contributed by atoms with E-state index in [-0.39, 0.29) is 5.97 Å². The molecule has 7 nitrogen and oxygen atoms in total. The number of fused-ring (bicyclic) bond motifs is 3. The molecule has 0 unspecified atom stereocenters. The summed E-state index contributed by atoms with van der Waals surface area (Å²) in [4.78, 5) is 12.0. The molecule has 0 amide bonds. The van der Waals surface area contributed by atoms with Gasteiger partial charge in [-0.15, -0.1) is 10.2 Å². The number of rotatable bonds is 13. The molecule has 46 heavy (non-hydrogen) atoms. The molecule has 6 rings (SSSR count). The van der Waals surface area contributed by atoms with Gasteiger partial charge in [0.1, 0.15) is 5.75 Å². The third-order valence-electron chi connectivity index (χ3n) is 8.88. The van der Waals surface area contributed by atoms with Crippen LogP contribution in [0, 0.1) is 5.41 Å². The minimum absolute atomic E-state index is 0.106. The van der Waals surface area contributed by atoms with Crippen LogP contribution in [0.4, 0.5) is 0 Å². The van der Waals surface area contributed by atoms with E-state index in [2.05, 4.69) is 82.5 Å². The van der Waals surface area contributed by atoms with E-state index in [0.717, 1.165) is 60.1 Å². The van der Waals surface area contributed by atoms with Gasteiger partial charge in [0.15, 0.2) is 0 Å². The van der Waals surface area contributed by atoms with Gasteiger partial charge in [0, 0.05) is 40.0 Å². The first kappa shape index (κ1) is 31.1. The number of ether oxygens (including phenoxy) is 2. The first-order valence-electron chi connectivity index (χ1n) is 16.2. The van der Waals surface area contributed by atoms with Crippen LogP contribution in [-0.2, 0) is 16.6 Å². The Balaban J connectivity index is 0.996. The summed E-state index contributed by atoms with van der Waals surface area (Å²) in [6, 6.07) is 31.0. The lowest BCUT2D eigenvalue weighted by molar-refractivity contribution is -0.154. The number of benzene rings is 4. The van der Waals surface area contributed by atoms with Gasteiger partial charge in [-0.1, -0.05) is 49.4 Å². The maximum absolute atomic E-state index is 12.0. The van der Waals surface area contributed by atoms with Crippen LogP contribution >= 0.6 is 0 Å². The topological polar surface area (TPSA) is 79.4 Å². The van der Waals surface area contributed by atoms with Crippen molar-refractivity contribution in [3.8, 4) is 39.8 Å². The van der Waals surface area contributed by atoms with Gasteiger partial charge < -0.3 is 18.5 Å². The monoisotopic (exact) mass is 615 g/mol. The highest BCUT2D eigenvalue weighted by Crippen LogP contribution is 2.33. The molecule has 0 bridgehead atoms. The van der Waals surface area contributed by atoms with Crippen molar-refractivity contribution in [3.05, 3.63) is 91.0 Å². The summed E-state index contributed by atoms with van der Waals surface area (Å²) in [6.07, 6.45) is 4.69. The third kappa shape index (κ3) is 6.69. The van der Waals surface area contributed by atoms with Gasteiger partial charge >= 0.3 is 5.97 Å². The van der Waals surface area contributed by atoms with Gasteiger partial charge in [0.2, 0.25) is 11.8 Å². The number of carbonyl (C=O) groups is 1. The lowest BCUT2D eigenvalue weighted by Gasteiger charge is -2.20. The first-order valence-corrected chi connectivity index (χ1v) is 16.2. The quantitative estimate of drug-likeness (QED) is 0.0951. The van der Waals surface area contributed by atoms with E-state index in [4.69, 9.17) is 13.9 Å². The van der Waals surface area contributed by atoms with Crippen molar-refractivity contribution >= 4 is 27.8 Å². The molecule has 0 atom stereocenters. The minimum atomic E-state index is -0.400. The fourth-order valence-electron chi connectivity index (χ4n) is 5.56. The highest BCUT2D eigenvalue weighted by molar-refractivity contribution is 6.09. The summed E-state index contributed by atoms with van der Waals surface area (Å²) in [5.74, 6) is 1.74. The number of para-hydroxylation sites is 1. The number of aryl methyl sites for hydroxylation is 1. The lowest BCUT2D eigenvalue weighted by atomic mass is 9.91. The van der Waals surface area contributed by atoms with Gasteiger partial charge in [0.25, 0.3) is 0 Å². The predicted molar refractivity (Wildman–Crippen MR) is 184 cm³/mol. The molecule has 0 aliphatic carbocycles. The molecule has 7 heteroatoms. The Kier molecular flexibility index (Phi) is 9.20. The minimum Gasteiger partial charge on any atom is -0.494 e. The number of esters is 1. The largest absolute Gasteiger partial charge is 0.494 e. The SMILES string of the molecule is CCC(C)(C)C(=O)OCCCCCCOc1ccc(-c2ccc(-c3nnc(-c4ccc5c(c4)c4ccccc4n5C)o3)cc2)cc1. The Bertz CT molecular complexity index is 1930. The van der Waals surface area contributed by atoms with Crippen molar-refractivity contribution in [3.63, 3.8) is 0 Å². The molecule has 0 spiro atoms. The zero-order valence-corrected chi connectivity index (χ0v) is 27.1. The van der Waals surface area contributed by atoms with E-state index >= 15 is 0 Å². The Morgan fingerprint density at radius 2 is 1.30 bits per heavy atom. The molecule has 0 fully saturated rings. The summed E-state index contributed by atoms with van der Waals surface area (Å²) >= 11 is 0. The molecule has 0 aliphatic rings. The average Bonchev–Trinajstić information content (AvgIpc) is 3.70. The smallest absolute Gasteiger partial charge is 0.311 e. The van der Waals surface area contributed by atoms with Gasteiger partial charge in [0.05, 0.1) is 18.6 Å². The van der Waals surface area contributed by atoms with Crippen LogP contribution in [0.5, 0.6) is 5.75 Å². The molecule has 0 aliphatic heterocycles.